The molecule has 2 aromatic heterocycles. The van der Waals surface area contributed by atoms with Gasteiger partial charge in [0, 0.05) is 4.88 Å². The molecular weight excluding hydrogens is 386 g/mol. The molecule has 4 aromatic rings. The van der Waals surface area contributed by atoms with Crippen molar-refractivity contribution in [3.63, 3.8) is 0 Å². The topological polar surface area (TPSA) is 42.9 Å². The molecule has 0 amide bonds. The fraction of sp³-hybridized carbons (Fsp3) is 0.0500. The molecule has 0 saturated carbocycles. The molecule has 0 aliphatic carbocycles. The molecule has 7 heteroatoms. The molecule has 0 N–H and O–H groups in total. The molecule has 2 heterocycles. The summed E-state index contributed by atoms with van der Waals surface area (Å²) in [5.74, 6) is -1.02. The van der Waals surface area contributed by atoms with Gasteiger partial charge >= 0.3 is 0 Å². The highest BCUT2D eigenvalue weighted by molar-refractivity contribution is 8.00. The number of ketones is 1. The first-order valence-corrected chi connectivity index (χ1v) is 9.83. The fourth-order valence-corrected chi connectivity index (χ4v) is 4.67. The number of Topliss-reactive ketones (excluding diaryl/α,β-unsaturated/α-hetero) is 1. The van der Waals surface area contributed by atoms with Crippen LogP contribution in [0.2, 0.25) is 0 Å². The normalized spacial score (nSPS) is 11.0. The van der Waals surface area contributed by atoms with E-state index in [1.54, 1.807) is 24.3 Å². The number of rotatable bonds is 5. The summed E-state index contributed by atoms with van der Waals surface area (Å²) < 4.78 is 27.7. The van der Waals surface area contributed by atoms with E-state index in [9.17, 15) is 13.6 Å². The lowest BCUT2D eigenvalue weighted by Gasteiger charge is -2.03. The van der Waals surface area contributed by atoms with E-state index in [1.807, 2.05) is 6.07 Å². The number of carbonyl (C=O) groups excluding carboxylic acids is 1. The maximum absolute atomic E-state index is 13.8. The molecule has 0 bridgehead atoms. The van der Waals surface area contributed by atoms with E-state index in [4.69, 9.17) is 0 Å². The number of halogens is 2. The molecule has 0 saturated heterocycles. The van der Waals surface area contributed by atoms with Gasteiger partial charge in [-0.3, -0.25) is 4.79 Å². The lowest BCUT2D eigenvalue weighted by atomic mass is 10.1. The Hall–Kier alpha value is -2.64. The van der Waals surface area contributed by atoms with Crippen molar-refractivity contribution in [2.24, 2.45) is 0 Å². The van der Waals surface area contributed by atoms with Gasteiger partial charge in [0.05, 0.1) is 21.5 Å². The quantitative estimate of drug-likeness (QED) is 0.249. The Balaban J connectivity index is 1.60. The summed E-state index contributed by atoms with van der Waals surface area (Å²) in [4.78, 5) is 21.8. The van der Waals surface area contributed by atoms with Crippen molar-refractivity contribution < 1.29 is 13.6 Å². The van der Waals surface area contributed by atoms with Crippen LogP contribution in [-0.2, 0) is 0 Å². The molecule has 0 atom stereocenters. The summed E-state index contributed by atoms with van der Waals surface area (Å²) in [5, 5.41) is 0.669. The molecular formula is C20H12F2N2OS2. The molecule has 0 unspecified atom stereocenters. The number of hydrogen-bond donors (Lipinski definition) is 0. The van der Waals surface area contributed by atoms with Gasteiger partial charge in [-0.15, -0.1) is 11.3 Å². The number of thiophene rings is 1. The van der Waals surface area contributed by atoms with Crippen LogP contribution in [-0.4, -0.2) is 21.5 Å². The second-order valence-corrected chi connectivity index (χ2v) is 7.72. The van der Waals surface area contributed by atoms with Gasteiger partial charge in [-0.2, -0.15) is 0 Å². The van der Waals surface area contributed by atoms with E-state index in [2.05, 4.69) is 9.97 Å². The van der Waals surface area contributed by atoms with Gasteiger partial charge in [0.25, 0.3) is 0 Å². The first-order chi connectivity index (χ1) is 13.1. The van der Waals surface area contributed by atoms with Crippen LogP contribution >= 0.6 is 23.1 Å². The minimum atomic E-state index is -0.523. The van der Waals surface area contributed by atoms with Gasteiger partial charge in [0.15, 0.2) is 5.78 Å². The largest absolute Gasteiger partial charge is 0.293 e. The highest BCUT2D eigenvalue weighted by Crippen LogP contribution is 2.37. The van der Waals surface area contributed by atoms with Gasteiger partial charge in [-0.1, -0.05) is 36.0 Å². The van der Waals surface area contributed by atoms with Crippen LogP contribution in [0.25, 0.3) is 20.7 Å². The number of thioether (sulfide) groups is 1. The Morgan fingerprint density at radius 1 is 1.04 bits per heavy atom. The monoisotopic (exact) mass is 398 g/mol. The molecule has 2 aromatic carbocycles. The Morgan fingerprint density at radius 2 is 1.81 bits per heavy atom. The second kappa shape index (κ2) is 7.54. The summed E-state index contributed by atoms with van der Waals surface area (Å²) in [5.41, 5.74) is 1.72. The number of hydrogen-bond acceptors (Lipinski definition) is 5. The average molecular weight is 398 g/mol. The number of nitrogens with zero attached hydrogens (tertiary/aromatic N) is 2. The number of carbonyl (C=O) groups is 1. The standard InChI is InChI=1S/C20H12F2N2OS2/c21-13-7-5-12(6-8-13)18-9-16-19(27-18)20(24-11-23-16)26-10-17(25)14-3-1-2-4-15(14)22/h1-9,11H,10H2. The van der Waals surface area contributed by atoms with E-state index >= 15 is 0 Å². The second-order valence-electron chi connectivity index (χ2n) is 5.70. The third-order valence-electron chi connectivity index (χ3n) is 3.92. The van der Waals surface area contributed by atoms with E-state index < -0.39 is 5.82 Å². The zero-order valence-electron chi connectivity index (χ0n) is 13.9. The predicted octanol–water partition coefficient (Wildman–Crippen LogP) is 5.61. The average Bonchev–Trinajstić information content (AvgIpc) is 3.12. The number of benzene rings is 2. The van der Waals surface area contributed by atoms with Crippen molar-refractivity contribution in [1.29, 1.82) is 0 Å². The third-order valence-corrected chi connectivity index (χ3v) is 6.22. The Morgan fingerprint density at radius 3 is 2.59 bits per heavy atom. The SMILES string of the molecule is O=C(CSc1ncnc2cc(-c3ccc(F)cc3)sc12)c1ccccc1F. The zero-order valence-corrected chi connectivity index (χ0v) is 15.5. The maximum Gasteiger partial charge on any atom is 0.176 e. The maximum atomic E-state index is 13.8. The van der Waals surface area contributed by atoms with Crippen LogP contribution in [0.1, 0.15) is 10.4 Å². The fourth-order valence-electron chi connectivity index (χ4n) is 2.59. The smallest absolute Gasteiger partial charge is 0.176 e. The molecule has 0 radical (unpaired) electrons. The van der Waals surface area contributed by atoms with Crippen LogP contribution < -0.4 is 0 Å². The van der Waals surface area contributed by atoms with Gasteiger partial charge in [0.2, 0.25) is 0 Å². The Kier molecular flexibility index (Phi) is 4.96. The van der Waals surface area contributed by atoms with Gasteiger partial charge in [-0.05, 0) is 35.9 Å². The lowest BCUT2D eigenvalue weighted by molar-refractivity contribution is 0.101. The van der Waals surface area contributed by atoms with Crippen molar-refractivity contribution in [1.82, 2.24) is 9.97 Å². The van der Waals surface area contributed by atoms with Crippen LogP contribution in [0.5, 0.6) is 0 Å². The van der Waals surface area contributed by atoms with Gasteiger partial charge in [0.1, 0.15) is 23.0 Å². The highest BCUT2D eigenvalue weighted by atomic mass is 32.2. The van der Waals surface area contributed by atoms with E-state index in [0.29, 0.717) is 5.03 Å². The minimum absolute atomic E-state index is 0.0773. The van der Waals surface area contributed by atoms with Gasteiger partial charge < -0.3 is 0 Å². The minimum Gasteiger partial charge on any atom is -0.293 e. The highest BCUT2D eigenvalue weighted by Gasteiger charge is 2.15. The summed E-state index contributed by atoms with van der Waals surface area (Å²) >= 11 is 2.74. The van der Waals surface area contributed by atoms with Crippen LogP contribution in [0.4, 0.5) is 8.78 Å². The molecule has 0 fully saturated rings. The molecule has 134 valence electrons. The molecule has 3 nitrogen and oxygen atoms in total. The van der Waals surface area contributed by atoms with E-state index in [0.717, 1.165) is 20.7 Å². The first-order valence-electron chi connectivity index (χ1n) is 8.03. The third kappa shape index (κ3) is 3.74. The van der Waals surface area contributed by atoms with Crippen LogP contribution in [0.15, 0.2) is 66.0 Å². The lowest BCUT2D eigenvalue weighted by Crippen LogP contribution is -2.05. The Labute approximate surface area is 162 Å². The molecule has 0 spiro atoms. The van der Waals surface area contributed by atoms with Crippen molar-refractivity contribution in [2.75, 3.05) is 5.75 Å². The summed E-state index contributed by atoms with van der Waals surface area (Å²) in [6.45, 7) is 0. The molecule has 0 aliphatic heterocycles. The van der Waals surface area contributed by atoms with Gasteiger partial charge in [-0.25, -0.2) is 18.7 Å². The molecule has 27 heavy (non-hydrogen) atoms. The van der Waals surface area contributed by atoms with Crippen molar-refractivity contribution in [2.45, 2.75) is 5.03 Å². The summed E-state index contributed by atoms with van der Waals surface area (Å²) in [6.07, 6.45) is 1.44. The van der Waals surface area contributed by atoms with E-state index in [-0.39, 0.29) is 22.9 Å². The first kappa shape index (κ1) is 17.8. The van der Waals surface area contributed by atoms with Crippen LogP contribution in [0.3, 0.4) is 0 Å². The number of fused-ring (bicyclic) bond motifs is 1. The number of aromatic nitrogens is 2. The predicted molar refractivity (Wildman–Crippen MR) is 104 cm³/mol. The van der Waals surface area contributed by atoms with Crippen molar-refractivity contribution >= 4 is 39.1 Å². The van der Waals surface area contributed by atoms with Crippen molar-refractivity contribution in [3.8, 4) is 10.4 Å². The van der Waals surface area contributed by atoms with Crippen molar-refractivity contribution in [3.05, 3.63) is 78.1 Å². The van der Waals surface area contributed by atoms with E-state index in [1.165, 1.54) is 53.7 Å². The zero-order chi connectivity index (χ0) is 18.8. The van der Waals surface area contributed by atoms with Crippen LogP contribution in [0, 0.1) is 11.6 Å². The Bertz CT molecular complexity index is 1130. The summed E-state index contributed by atoms with van der Waals surface area (Å²) in [7, 11) is 0. The summed E-state index contributed by atoms with van der Waals surface area (Å²) in [6, 6.07) is 14.1. The molecule has 4 rings (SSSR count). The molecule has 0 aliphatic rings.